The van der Waals surface area contributed by atoms with Gasteiger partial charge < -0.3 is 0 Å². The second kappa shape index (κ2) is 14.0. The highest BCUT2D eigenvalue weighted by Crippen LogP contribution is 2.70. The molecule has 0 N–H and O–H groups in total. The van der Waals surface area contributed by atoms with E-state index in [4.69, 9.17) is 13.1 Å². The zero-order valence-corrected chi connectivity index (χ0v) is 35.5. The topological polar surface area (TPSA) is 90.4 Å². The highest BCUT2D eigenvalue weighted by Gasteiger charge is 2.56. The standard InChI is InChI=1S/C50H28F4N4O2S3/c1-57-37(21-55)39-25-17-33(51)35(53)19-27(25)43(59)29(39)13-23-15-31-45(61-23)47-41(49(31)9-5-3-6-10-49)42-48(63-47)46-32(50(42)11-7-4-8-12-50)16-24(62-46)14-30-40(38(22-56)58-2)26-18-34(52)36(54)20-28(26)44(30)60/h13-20H,3-12H2/b29-13-,30-14+,39-37+,40-38?. The van der Waals surface area contributed by atoms with E-state index in [1.54, 1.807) is 23.5 Å². The van der Waals surface area contributed by atoms with Crippen molar-refractivity contribution >= 4 is 68.9 Å². The third-order valence-electron chi connectivity index (χ3n) is 13.9. The number of nitrogens with zero attached hydrogens (tertiary/aromatic N) is 4. The predicted molar refractivity (Wildman–Crippen MR) is 234 cm³/mol. The summed E-state index contributed by atoms with van der Waals surface area (Å²) in [7, 11) is 0. The maximum Gasteiger partial charge on any atom is 0.270 e. The first-order valence-electron chi connectivity index (χ1n) is 20.5. The highest BCUT2D eigenvalue weighted by atomic mass is 32.1. The molecule has 0 amide bonds. The highest BCUT2D eigenvalue weighted by molar-refractivity contribution is 7.27. The molecule has 2 saturated carbocycles. The fraction of sp³-hybridized carbons (Fsp3) is 0.240. The van der Waals surface area contributed by atoms with E-state index in [9.17, 15) is 37.7 Å². The summed E-state index contributed by atoms with van der Waals surface area (Å²) in [6, 6.07) is 11.4. The van der Waals surface area contributed by atoms with Crippen LogP contribution >= 0.6 is 34.0 Å². The summed E-state index contributed by atoms with van der Waals surface area (Å²) in [5.74, 6) is -5.89. The van der Waals surface area contributed by atoms with Gasteiger partial charge in [0.2, 0.25) is 0 Å². The molecule has 5 aromatic rings. The Balaban J connectivity index is 1.08. The van der Waals surface area contributed by atoms with Gasteiger partial charge in [-0.25, -0.2) is 37.8 Å². The number of thiophene rings is 3. The molecule has 0 saturated heterocycles. The Labute approximate surface area is 370 Å². The van der Waals surface area contributed by atoms with Crippen LogP contribution in [0, 0.1) is 59.1 Å². The van der Waals surface area contributed by atoms with Crippen molar-refractivity contribution in [2.75, 3.05) is 0 Å². The van der Waals surface area contributed by atoms with Crippen molar-refractivity contribution in [2.45, 2.75) is 75.0 Å². The molecule has 13 heteroatoms. The lowest BCUT2D eigenvalue weighted by Gasteiger charge is -2.41. The minimum atomic E-state index is -1.19. The van der Waals surface area contributed by atoms with Crippen LogP contribution < -0.4 is 0 Å². The lowest BCUT2D eigenvalue weighted by molar-refractivity contribution is 0.103. The van der Waals surface area contributed by atoms with Crippen molar-refractivity contribution in [1.29, 1.82) is 10.5 Å². The summed E-state index contributed by atoms with van der Waals surface area (Å²) in [4.78, 5) is 40.5. The van der Waals surface area contributed by atoms with Crippen molar-refractivity contribution < 1.29 is 27.2 Å². The quantitative estimate of drug-likeness (QED) is 0.0764. The van der Waals surface area contributed by atoms with Gasteiger partial charge in [-0.2, -0.15) is 0 Å². The van der Waals surface area contributed by atoms with E-state index >= 15 is 0 Å². The number of nitriles is 2. The number of allylic oxidation sites excluding steroid dienone is 6. The van der Waals surface area contributed by atoms with Crippen LogP contribution in [0.1, 0.15) is 128 Å². The Kier molecular flexibility index (Phi) is 8.76. The summed E-state index contributed by atoms with van der Waals surface area (Å²) in [5, 5.41) is 19.8. The summed E-state index contributed by atoms with van der Waals surface area (Å²) >= 11 is 4.82. The Hall–Kier alpha value is -6.48. The van der Waals surface area contributed by atoms with Gasteiger partial charge in [-0.1, -0.05) is 38.5 Å². The molecular weight excluding hydrogens is 861 g/mol. The number of fused-ring (bicyclic) bond motifs is 13. The van der Waals surface area contributed by atoms with Crippen LogP contribution in [0.15, 0.2) is 58.9 Å². The Morgan fingerprint density at radius 1 is 0.556 bits per heavy atom. The molecule has 6 aliphatic rings. The summed E-state index contributed by atoms with van der Waals surface area (Å²) in [6.07, 6.45) is 13.4. The largest absolute Gasteiger partial charge is 0.289 e. The molecule has 2 fully saturated rings. The lowest BCUT2D eigenvalue weighted by Crippen LogP contribution is -2.34. The molecule has 0 atom stereocenters. The van der Waals surface area contributed by atoms with Gasteiger partial charge >= 0.3 is 0 Å². The van der Waals surface area contributed by atoms with Gasteiger partial charge in [0, 0.05) is 73.5 Å². The normalized spacial score (nSPS) is 21.1. The van der Waals surface area contributed by atoms with Crippen LogP contribution in [-0.4, -0.2) is 11.6 Å². The van der Waals surface area contributed by atoms with Gasteiger partial charge in [0.15, 0.2) is 34.8 Å². The first-order valence-corrected chi connectivity index (χ1v) is 23.0. The van der Waals surface area contributed by atoms with Gasteiger partial charge in [-0.3, -0.25) is 9.59 Å². The number of halogens is 4. The predicted octanol–water partition coefficient (Wildman–Crippen LogP) is 13.8. The number of benzene rings is 2. The summed E-state index contributed by atoms with van der Waals surface area (Å²) < 4.78 is 58.0. The molecule has 306 valence electrons. The number of ketones is 2. The third-order valence-corrected chi connectivity index (χ3v) is 17.6. The van der Waals surface area contributed by atoms with Crippen LogP contribution in [0.3, 0.4) is 0 Å². The number of rotatable bonds is 2. The average molecular weight is 889 g/mol. The van der Waals surface area contributed by atoms with Crippen molar-refractivity contribution in [3.8, 4) is 31.6 Å². The first kappa shape index (κ1) is 39.4. The van der Waals surface area contributed by atoms with Crippen molar-refractivity contribution in [1.82, 2.24) is 0 Å². The second-order valence-corrected chi connectivity index (χ2v) is 20.1. The number of carbonyl (C=O) groups is 2. The minimum absolute atomic E-state index is 0.00132. The van der Waals surface area contributed by atoms with E-state index in [0.29, 0.717) is 0 Å². The fourth-order valence-corrected chi connectivity index (χ4v) is 15.5. The van der Waals surface area contributed by atoms with Crippen LogP contribution in [0.5, 0.6) is 0 Å². The van der Waals surface area contributed by atoms with Crippen LogP contribution in [-0.2, 0) is 10.8 Å². The number of Topliss-reactive ketones (excluding diaryl/α,β-unsaturated/α-hetero) is 2. The molecule has 6 aliphatic carbocycles. The van der Waals surface area contributed by atoms with Crippen LogP contribution in [0.25, 0.3) is 52.5 Å². The van der Waals surface area contributed by atoms with Crippen LogP contribution in [0.4, 0.5) is 17.6 Å². The second-order valence-electron chi connectivity index (χ2n) is 16.9. The fourth-order valence-electron chi connectivity index (χ4n) is 11.3. The van der Waals surface area contributed by atoms with Crippen molar-refractivity contribution in [2.24, 2.45) is 0 Å². The molecule has 2 aromatic carbocycles. The summed E-state index contributed by atoms with van der Waals surface area (Å²) in [5.41, 5.74) is 3.81. The van der Waals surface area contributed by atoms with Gasteiger partial charge in [-0.15, -0.1) is 34.0 Å². The molecule has 63 heavy (non-hydrogen) atoms. The number of hydrogen-bond donors (Lipinski definition) is 0. The lowest BCUT2D eigenvalue weighted by atomic mass is 9.61. The van der Waals surface area contributed by atoms with Gasteiger partial charge in [0.25, 0.3) is 11.4 Å². The van der Waals surface area contributed by atoms with Crippen molar-refractivity contribution in [3.05, 3.63) is 159 Å². The zero-order chi connectivity index (χ0) is 43.7. The maximum absolute atomic E-state index is 14.6. The van der Waals surface area contributed by atoms with Gasteiger partial charge in [0.05, 0.1) is 25.3 Å². The van der Waals surface area contributed by atoms with Gasteiger partial charge in [0.1, 0.15) is 0 Å². The Bertz CT molecular complexity index is 3080. The maximum atomic E-state index is 14.6. The number of hydrogen-bond acceptors (Lipinski definition) is 7. The van der Waals surface area contributed by atoms with E-state index < -0.39 is 34.8 Å². The monoisotopic (exact) mass is 888 g/mol. The molecule has 0 bridgehead atoms. The molecular formula is C50H28F4N4O2S3. The minimum Gasteiger partial charge on any atom is -0.289 e. The molecule has 6 nitrogen and oxygen atoms in total. The van der Waals surface area contributed by atoms with E-state index in [0.717, 1.165) is 108 Å². The molecule has 0 aliphatic heterocycles. The molecule has 3 heterocycles. The molecule has 11 rings (SSSR count). The van der Waals surface area contributed by atoms with E-state index in [1.807, 2.05) is 12.1 Å². The Morgan fingerprint density at radius 3 is 1.27 bits per heavy atom. The van der Waals surface area contributed by atoms with Gasteiger partial charge in [-0.05, 0) is 108 Å². The van der Waals surface area contributed by atoms with Crippen molar-refractivity contribution in [3.63, 3.8) is 0 Å². The zero-order valence-electron chi connectivity index (χ0n) is 33.0. The number of carbonyl (C=O) groups excluding carboxylic acids is 2. The smallest absolute Gasteiger partial charge is 0.270 e. The SMILES string of the molecule is [C-]#[N+]C(C#N)=C1/C(=C\c2cc3c(s2)-c2sc4c(c2C32CCCCC2)C2(CCCCC2)c2cc(/C=C3\C(=O)c5cc(F)c(F)cc5\C3=C(\C#N)[N+]#[C-])sc2-4)C(=O)c2cc(F)c(F)cc21. The Morgan fingerprint density at radius 2 is 0.921 bits per heavy atom. The molecule has 0 radical (unpaired) electrons. The molecule has 0 unspecified atom stereocenters. The van der Waals surface area contributed by atoms with E-state index in [-0.39, 0.29) is 66.8 Å². The average Bonchev–Trinajstić information content (AvgIpc) is 4.15. The van der Waals surface area contributed by atoms with E-state index in [2.05, 4.69) is 21.8 Å². The molecule has 3 aromatic heterocycles. The third kappa shape index (κ3) is 5.28. The summed E-state index contributed by atoms with van der Waals surface area (Å²) in [6.45, 7) is 15.4. The molecule has 2 spiro atoms. The van der Waals surface area contributed by atoms with E-state index in [1.165, 1.54) is 54.7 Å². The first-order chi connectivity index (χ1) is 30.5. The van der Waals surface area contributed by atoms with Crippen LogP contribution in [0.2, 0.25) is 0 Å².